The Bertz CT molecular complexity index is 919. The highest BCUT2D eigenvalue weighted by Crippen LogP contribution is 2.27. The van der Waals surface area contributed by atoms with E-state index in [1.54, 1.807) is 0 Å². The standard InChI is InChI=1S/C19H23N5O/c1-14-18(19(25)23(22-14)15-10-6-5-7-11-15)21-20-16-12-8-9-13-17(16)24(2,3)4/h5-13,20-21H,1-4H3/p+1. The van der Waals surface area contributed by atoms with Gasteiger partial charge in [-0.3, -0.25) is 25.2 Å². The largest absolute Gasteiger partial charge is 0.297 e. The van der Waals surface area contributed by atoms with Crippen molar-refractivity contribution in [3.05, 3.63) is 70.6 Å². The molecule has 2 aromatic carbocycles. The molecule has 0 saturated carbocycles. The Morgan fingerprint density at radius 3 is 2.24 bits per heavy atom. The molecule has 1 aromatic heterocycles. The number of nitrogens with zero attached hydrogens (tertiary/aromatic N) is 2. The van der Waals surface area contributed by atoms with E-state index < -0.39 is 0 Å². The van der Waals surface area contributed by atoms with Gasteiger partial charge in [-0.15, -0.1) is 0 Å². The first-order valence-electron chi connectivity index (χ1n) is 8.18. The first-order valence-corrected chi connectivity index (χ1v) is 8.18. The number of para-hydroxylation sites is 3. The van der Waals surface area contributed by atoms with Gasteiger partial charge in [-0.1, -0.05) is 30.3 Å². The van der Waals surface area contributed by atoms with Gasteiger partial charge in [0, 0.05) is 6.07 Å². The third-order valence-corrected chi connectivity index (χ3v) is 4.03. The second-order valence-corrected chi connectivity index (χ2v) is 6.87. The van der Waals surface area contributed by atoms with Crippen molar-refractivity contribution in [2.45, 2.75) is 6.92 Å². The molecule has 130 valence electrons. The van der Waals surface area contributed by atoms with E-state index in [2.05, 4.69) is 43.2 Å². The van der Waals surface area contributed by atoms with E-state index in [0.29, 0.717) is 10.2 Å². The zero-order valence-electron chi connectivity index (χ0n) is 15.0. The average molecular weight is 338 g/mol. The summed E-state index contributed by atoms with van der Waals surface area (Å²) in [5.41, 5.74) is 10.3. The highest BCUT2D eigenvalue weighted by atomic mass is 16.1. The van der Waals surface area contributed by atoms with Crippen LogP contribution in [0.4, 0.5) is 17.1 Å². The van der Waals surface area contributed by atoms with Crippen LogP contribution in [0.3, 0.4) is 0 Å². The van der Waals surface area contributed by atoms with Crippen LogP contribution in [-0.4, -0.2) is 30.9 Å². The summed E-state index contributed by atoms with van der Waals surface area (Å²) >= 11 is 0. The molecule has 3 N–H and O–H groups in total. The SMILES string of the molecule is Cc1[nH]n(-c2ccccc2)c(=O)c1NNc1ccccc1[N+](C)(C)C. The number of hydrogen-bond donors (Lipinski definition) is 3. The van der Waals surface area contributed by atoms with E-state index in [9.17, 15) is 4.79 Å². The zero-order valence-corrected chi connectivity index (χ0v) is 15.0. The van der Waals surface area contributed by atoms with Crippen LogP contribution in [0.2, 0.25) is 0 Å². The Labute approximate surface area is 147 Å². The molecule has 0 aliphatic carbocycles. The molecule has 25 heavy (non-hydrogen) atoms. The molecule has 0 fully saturated rings. The number of quaternary nitrogens is 1. The molecule has 0 aliphatic rings. The molecule has 0 radical (unpaired) electrons. The second kappa shape index (κ2) is 6.49. The van der Waals surface area contributed by atoms with Crippen molar-refractivity contribution >= 4 is 17.1 Å². The van der Waals surface area contributed by atoms with Crippen LogP contribution in [0.15, 0.2) is 59.4 Å². The molecular weight excluding hydrogens is 314 g/mol. The number of aromatic nitrogens is 2. The Hall–Kier alpha value is -2.99. The van der Waals surface area contributed by atoms with E-state index in [1.807, 2.05) is 55.5 Å². The maximum absolute atomic E-state index is 12.7. The van der Waals surface area contributed by atoms with Crippen molar-refractivity contribution in [3.63, 3.8) is 0 Å². The quantitative estimate of drug-likeness (QED) is 0.495. The summed E-state index contributed by atoms with van der Waals surface area (Å²) in [4.78, 5) is 12.7. The second-order valence-electron chi connectivity index (χ2n) is 6.87. The Morgan fingerprint density at radius 2 is 1.56 bits per heavy atom. The monoisotopic (exact) mass is 338 g/mol. The molecule has 0 saturated heterocycles. The normalized spacial score (nSPS) is 11.4. The van der Waals surface area contributed by atoms with Gasteiger partial charge >= 0.3 is 0 Å². The van der Waals surface area contributed by atoms with Crippen LogP contribution in [0.25, 0.3) is 5.69 Å². The van der Waals surface area contributed by atoms with E-state index in [-0.39, 0.29) is 5.56 Å². The molecule has 0 aliphatic heterocycles. The van der Waals surface area contributed by atoms with Gasteiger partial charge in [0.15, 0.2) is 5.69 Å². The summed E-state index contributed by atoms with van der Waals surface area (Å²) in [6.45, 7) is 1.87. The fourth-order valence-corrected chi connectivity index (χ4v) is 2.75. The van der Waals surface area contributed by atoms with Crippen molar-refractivity contribution in [1.29, 1.82) is 0 Å². The summed E-state index contributed by atoms with van der Waals surface area (Å²) in [6.07, 6.45) is 0. The number of aromatic amines is 1. The third-order valence-electron chi connectivity index (χ3n) is 4.03. The van der Waals surface area contributed by atoms with Gasteiger partial charge < -0.3 is 0 Å². The van der Waals surface area contributed by atoms with Crippen molar-refractivity contribution < 1.29 is 0 Å². The molecule has 0 bridgehead atoms. The van der Waals surface area contributed by atoms with Gasteiger partial charge in [-0.2, -0.15) is 0 Å². The Morgan fingerprint density at radius 1 is 0.920 bits per heavy atom. The van der Waals surface area contributed by atoms with Crippen LogP contribution >= 0.6 is 0 Å². The number of anilines is 2. The average Bonchev–Trinajstić information content (AvgIpc) is 2.87. The van der Waals surface area contributed by atoms with Crippen LogP contribution in [0.1, 0.15) is 5.69 Å². The number of hydrazine groups is 1. The molecule has 6 nitrogen and oxygen atoms in total. The topological polar surface area (TPSA) is 61.9 Å². The third kappa shape index (κ3) is 3.44. The van der Waals surface area contributed by atoms with Crippen molar-refractivity contribution in [2.75, 3.05) is 32.0 Å². The van der Waals surface area contributed by atoms with Gasteiger partial charge in [0.1, 0.15) is 11.4 Å². The van der Waals surface area contributed by atoms with Crippen LogP contribution < -0.4 is 20.9 Å². The first-order chi connectivity index (χ1) is 11.9. The van der Waals surface area contributed by atoms with Crippen LogP contribution in [0.5, 0.6) is 0 Å². The fraction of sp³-hybridized carbons (Fsp3) is 0.211. The van der Waals surface area contributed by atoms with E-state index in [0.717, 1.165) is 22.8 Å². The van der Waals surface area contributed by atoms with Crippen LogP contribution in [0, 0.1) is 6.92 Å². The number of rotatable bonds is 5. The van der Waals surface area contributed by atoms with Crippen LogP contribution in [-0.2, 0) is 0 Å². The highest BCUT2D eigenvalue weighted by Gasteiger charge is 2.18. The molecule has 0 spiro atoms. The van der Waals surface area contributed by atoms with Gasteiger partial charge in [0.2, 0.25) is 0 Å². The minimum absolute atomic E-state index is 0.126. The van der Waals surface area contributed by atoms with Gasteiger partial charge in [-0.25, -0.2) is 4.68 Å². The van der Waals surface area contributed by atoms with E-state index in [1.165, 1.54) is 4.68 Å². The first kappa shape index (κ1) is 16.9. The number of aryl methyl sites for hydroxylation is 1. The molecular formula is C19H24N5O+. The maximum Gasteiger partial charge on any atom is 0.296 e. The van der Waals surface area contributed by atoms with Crippen molar-refractivity contribution in [3.8, 4) is 5.69 Å². The predicted molar refractivity (Wildman–Crippen MR) is 104 cm³/mol. The molecule has 3 rings (SSSR count). The van der Waals surface area contributed by atoms with Gasteiger partial charge in [0.05, 0.1) is 32.5 Å². The molecule has 0 unspecified atom stereocenters. The number of H-pyrrole nitrogens is 1. The summed E-state index contributed by atoms with van der Waals surface area (Å²) in [5.74, 6) is 0. The van der Waals surface area contributed by atoms with Crippen molar-refractivity contribution in [1.82, 2.24) is 14.3 Å². The fourth-order valence-electron chi connectivity index (χ4n) is 2.75. The Balaban J connectivity index is 1.89. The molecule has 0 amide bonds. The lowest BCUT2D eigenvalue weighted by atomic mass is 10.2. The predicted octanol–water partition coefficient (Wildman–Crippen LogP) is 3.11. The lowest BCUT2D eigenvalue weighted by Crippen LogP contribution is -2.35. The summed E-state index contributed by atoms with van der Waals surface area (Å²) in [5, 5.41) is 3.11. The summed E-state index contributed by atoms with van der Waals surface area (Å²) in [7, 11) is 6.30. The van der Waals surface area contributed by atoms with Gasteiger partial charge in [-0.05, 0) is 25.1 Å². The zero-order chi connectivity index (χ0) is 18.0. The minimum Gasteiger partial charge on any atom is -0.297 e. The lowest BCUT2D eigenvalue weighted by molar-refractivity contribution is 0.488. The smallest absolute Gasteiger partial charge is 0.296 e. The molecule has 6 heteroatoms. The minimum atomic E-state index is -0.126. The van der Waals surface area contributed by atoms with Crippen molar-refractivity contribution in [2.24, 2.45) is 0 Å². The molecule has 1 heterocycles. The summed E-state index contributed by atoms with van der Waals surface area (Å²) < 4.78 is 2.20. The lowest BCUT2D eigenvalue weighted by Gasteiger charge is -2.26. The number of nitrogens with one attached hydrogen (secondary N) is 3. The number of hydrogen-bond acceptors (Lipinski definition) is 3. The van der Waals surface area contributed by atoms with E-state index in [4.69, 9.17) is 0 Å². The number of benzene rings is 2. The highest BCUT2D eigenvalue weighted by molar-refractivity contribution is 5.69. The van der Waals surface area contributed by atoms with Gasteiger partial charge in [0.25, 0.3) is 5.56 Å². The molecule has 0 atom stereocenters. The summed E-state index contributed by atoms with van der Waals surface area (Å²) in [6, 6.07) is 17.5. The Kier molecular flexibility index (Phi) is 4.37. The maximum atomic E-state index is 12.7. The van der Waals surface area contributed by atoms with E-state index >= 15 is 0 Å². The molecule has 3 aromatic rings.